The molecule has 0 amide bonds. The maximum absolute atomic E-state index is 10.6. The van der Waals surface area contributed by atoms with E-state index in [1.165, 1.54) is 6.07 Å². The summed E-state index contributed by atoms with van der Waals surface area (Å²) in [5.41, 5.74) is 0.748. The fraction of sp³-hybridized carbons (Fsp3) is 0. The maximum atomic E-state index is 10.6. The van der Waals surface area contributed by atoms with Crippen molar-refractivity contribution in [1.82, 2.24) is 4.98 Å². The number of carboxylic acids is 1. The quantitative estimate of drug-likeness (QED) is 0.795. The van der Waals surface area contributed by atoms with E-state index in [0.29, 0.717) is 5.52 Å². The van der Waals surface area contributed by atoms with Crippen molar-refractivity contribution in [1.29, 1.82) is 0 Å². The minimum absolute atomic E-state index is 0. The van der Waals surface area contributed by atoms with Crippen LogP contribution in [0.5, 0.6) is 0 Å². The Morgan fingerprint density at radius 2 is 2.14 bits per heavy atom. The van der Waals surface area contributed by atoms with Crippen molar-refractivity contribution in [2.24, 2.45) is 0 Å². The van der Waals surface area contributed by atoms with E-state index >= 15 is 0 Å². The van der Waals surface area contributed by atoms with E-state index < -0.39 is 5.97 Å². The largest absolute Gasteiger partial charge is 0.477 e. The Hall–Kier alpha value is -0.796. The maximum Gasteiger partial charge on any atom is 0.354 e. The molecule has 3 nitrogen and oxygen atoms in total. The van der Waals surface area contributed by atoms with Gasteiger partial charge in [-0.25, -0.2) is 4.79 Å². The van der Waals surface area contributed by atoms with Crippen LogP contribution in [0.4, 0.5) is 0 Å². The molecule has 0 spiro atoms. The summed E-state index contributed by atoms with van der Waals surface area (Å²) in [7, 11) is 0. The van der Waals surface area contributed by atoms with Crippen molar-refractivity contribution in [3.8, 4) is 0 Å². The number of rotatable bonds is 1. The standard InChI is InChI=1S/C10H6NO2.Y/c12-10(13)9-6-5-7-3-1-2-4-8(7)11-9;/h2-6H,(H,12,13);/q-1;. The van der Waals surface area contributed by atoms with Crippen LogP contribution in [0.2, 0.25) is 0 Å². The second-order valence-electron chi connectivity index (χ2n) is 2.62. The molecule has 0 saturated carbocycles. The second-order valence-corrected chi connectivity index (χ2v) is 2.62. The molecule has 14 heavy (non-hydrogen) atoms. The normalized spacial score (nSPS) is 9.43. The average Bonchev–Trinajstić information content (AvgIpc) is 2.17. The molecule has 2 aromatic rings. The molecule has 1 radical (unpaired) electrons. The Labute approximate surface area is 106 Å². The SMILES string of the molecule is O=C(O)c1ccc2c[c-]ccc2n1.[Y]. The predicted molar refractivity (Wildman–Crippen MR) is 47.5 cm³/mol. The number of aromatic nitrogens is 1. The predicted octanol–water partition coefficient (Wildman–Crippen LogP) is 1.73. The number of benzene rings is 1. The van der Waals surface area contributed by atoms with Crippen molar-refractivity contribution in [3.63, 3.8) is 0 Å². The van der Waals surface area contributed by atoms with Gasteiger partial charge in [0.1, 0.15) is 5.69 Å². The molecule has 0 bridgehead atoms. The Morgan fingerprint density at radius 3 is 2.86 bits per heavy atom. The molecule has 1 N–H and O–H groups in total. The van der Waals surface area contributed by atoms with E-state index in [2.05, 4.69) is 11.1 Å². The second kappa shape index (κ2) is 4.62. The zero-order chi connectivity index (χ0) is 9.26. The summed E-state index contributed by atoms with van der Waals surface area (Å²) >= 11 is 0. The summed E-state index contributed by atoms with van der Waals surface area (Å²) in [5.74, 6) is -1.00. The Morgan fingerprint density at radius 1 is 1.36 bits per heavy atom. The van der Waals surface area contributed by atoms with Gasteiger partial charge in [-0.15, -0.1) is 17.5 Å². The van der Waals surface area contributed by atoms with Crippen LogP contribution in [-0.4, -0.2) is 16.1 Å². The van der Waals surface area contributed by atoms with E-state index in [1.807, 2.05) is 0 Å². The van der Waals surface area contributed by atoms with E-state index in [4.69, 9.17) is 5.11 Å². The molecule has 1 heterocycles. The van der Waals surface area contributed by atoms with Gasteiger partial charge in [-0.2, -0.15) is 18.2 Å². The first-order valence-corrected chi connectivity index (χ1v) is 3.77. The first kappa shape index (κ1) is 11.3. The number of aromatic carboxylic acids is 1. The molecule has 0 unspecified atom stereocenters. The summed E-state index contributed by atoms with van der Waals surface area (Å²) < 4.78 is 0. The minimum atomic E-state index is -1.00. The van der Waals surface area contributed by atoms with Crippen molar-refractivity contribution in [2.45, 2.75) is 0 Å². The molecule has 0 atom stereocenters. The molecule has 0 aliphatic rings. The van der Waals surface area contributed by atoms with Gasteiger partial charge in [0.15, 0.2) is 0 Å². The number of fused-ring (bicyclic) bond motifs is 1. The van der Waals surface area contributed by atoms with Gasteiger partial charge in [-0.3, -0.25) is 4.98 Å². The molecule has 4 heteroatoms. The van der Waals surface area contributed by atoms with Gasteiger partial charge in [-0.05, 0) is 11.6 Å². The third kappa shape index (κ3) is 2.17. The number of hydrogen-bond acceptors (Lipinski definition) is 2. The van der Waals surface area contributed by atoms with Gasteiger partial charge < -0.3 is 5.11 Å². The number of pyridine rings is 1. The zero-order valence-electron chi connectivity index (χ0n) is 7.27. The average molecular weight is 261 g/mol. The van der Waals surface area contributed by atoms with Gasteiger partial charge in [0.25, 0.3) is 0 Å². The van der Waals surface area contributed by atoms with Crippen molar-refractivity contribution in [3.05, 3.63) is 42.1 Å². The third-order valence-corrected chi connectivity index (χ3v) is 1.75. The molecular formula is C10H6NO2Y-. The summed E-state index contributed by atoms with van der Waals surface area (Å²) in [4.78, 5) is 14.5. The van der Waals surface area contributed by atoms with E-state index in [1.54, 1.807) is 24.3 Å². The van der Waals surface area contributed by atoms with Crippen molar-refractivity contribution in [2.75, 3.05) is 0 Å². The molecule has 0 aliphatic heterocycles. The number of carboxylic acid groups (broad SMARTS) is 1. The van der Waals surface area contributed by atoms with Gasteiger partial charge in [0, 0.05) is 32.7 Å². The summed E-state index contributed by atoms with van der Waals surface area (Å²) in [6, 6.07) is 11.3. The Kier molecular flexibility index (Phi) is 3.72. The molecule has 67 valence electrons. The van der Waals surface area contributed by atoms with Crippen LogP contribution in [-0.2, 0) is 32.7 Å². The van der Waals surface area contributed by atoms with Crippen LogP contribution in [0.15, 0.2) is 30.3 Å². The molecule has 2 rings (SSSR count). The number of carbonyl (C=O) groups is 1. The summed E-state index contributed by atoms with van der Waals surface area (Å²) in [6.07, 6.45) is 0. The molecule has 1 aromatic carbocycles. The first-order valence-electron chi connectivity index (χ1n) is 3.77. The first-order chi connectivity index (χ1) is 6.27. The van der Waals surface area contributed by atoms with E-state index in [0.717, 1.165) is 5.39 Å². The van der Waals surface area contributed by atoms with Crippen LogP contribution in [0.1, 0.15) is 10.5 Å². The van der Waals surface area contributed by atoms with Gasteiger partial charge in [0.2, 0.25) is 0 Å². The summed E-state index contributed by atoms with van der Waals surface area (Å²) in [5, 5.41) is 9.57. The van der Waals surface area contributed by atoms with Crippen LogP contribution in [0.3, 0.4) is 0 Å². The Bertz CT molecular complexity index is 470. The van der Waals surface area contributed by atoms with Gasteiger partial charge in [0.05, 0.1) is 0 Å². The smallest absolute Gasteiger partial charge is 0.354 e. The summed E-state index contributed by atoms with van der Waals surface area (Å²) in [6.45, 7) is 0. The molecule has 0 saturated heterocycles. The van der Waals surface area contributed by atoms with Crippen LogP contribution < -0.4 is 0 Å². The topological polar surface area (TPSA) is 50.2 Å². The minimum Gasteiger partial charge on any atom is -0.477 e. The fourth-order valence-electron chi connectivity index (χ4n) is 1.13. The molecule has 1 aromatic heterocycles. The Balaban J connectivity index is 0.000000980. The third-order valence-electron chi connectivity index (χ3n) is 1.75. The van der Waals surface area contributed by atoms with E-state index in [9.17, 15) is 4.79 Å². The number of hydrogen-bond donors (Lipinski definition) is 1. The zero-order valence-corrected chi connectivity index (χ0v) is 10.1. The fourth-order valence-corrected chi connectivity index (χ4v) is 1.13. The van der Waals surface area contributed by atoms with Crippen molar-refractivity contribution >= 4 is 16.9 Å². The molecule has 0 aliphatic carbocycles. The number of nitrogens with zero attached hydrogens (tertiary/aromatic N) is 1. The molecular weight excluding hydrogens is 255 g/mol. The monoisotopic (exact) mass is 261 g/mol. The van der Waals surface area contributed by atoms with Gasteiger partial charge in [-0.1, -0.05) is 0 Å². The van der Waals surface area contributed by atoms with Crippen LogP contribution >= 0.6 is 0 Å². The van der Waals surface area contributed by atoms with E-state index in [-0.39, 0.29) is 38.4 Å². The van der Waals surface area contributed by atoms with Crippen LogP contribution in [0, 0.1) is 6.07 Å². The van der Waals surface area contributed by atoms with Crippen molar-refractivity contribution < 1.29 is 42.6 Å². The molecule has 0 fully saturated rings. The van der Waals surface area contributed by atoms with Crippen LogP contribution in [0.25, 0.3) is 10.9 Å². The van der Waals surface area contributed by atoms with Gasteiger partial charge >= 0.3 is 5.97 Å².